The standard InChI is InChI=1S/C17H17N5O4/c1-9-15(21-26-20-9)17(23)18-13-6-4-10-7-11(3-5-12(10)13)16-19-14(8-24-2)25-22-16/h3,5,7,13H,4,6,8H2,1-2H3,(H,18,23). The van der Waals surface area contributed by atoms with Gasteiger partial charge >= 0.3 is 0 Å². The van der Waals surface area contributed by atoms with E-state index in [4.69, 9.17) is 9.26 Å². The molecular weight excluding hydrogens is 338 g/mol. The van der Waals surface area contributed by atoms with Gasteiger partial charge < -0.3 is 14.6 Å². The zero-order valence-corrected chi connectivity index (χ0v) is 14.4. The normalized spacial score (nSPS) is 15.8. The van der Waals surface area contributed by atoms with Gasteiger partial charge in [-0.2, -0.15) is 4.98 Å². The Bertz CT molecular complexity index is 948. The summed E-state index contributed by atoms with van der Waals surface area (Å²) in [5, 5.41) is 14.3. The maximum absolute atomic E-state index is 12.3. The van der Waals surface area contributed by atoms with Crippen molar-refractivity contribution in [1.29, 1.82) is 0 Å². The molecule has 0 saturated heterocycles. The fourth-order valence-corrected chi connectivity index (χ4v) is 3.12. The second-order valence-electron chi connectivity index (χ2n) is 6.12. The number of amides is 1. The van der Waals surface area contributed by atoms with Crippen LogP contribution in [0.4, 0.5) is 0 Å². The van der Waals surface area contributed by atoms with Gasteiger partial charge in [-0.05, 0) is 42.1 Å². The van der Waals surface area contributed by atoms with Crippen LogP contribution in [-0.4, -0.2) is 33.5 Å². The molecule has 0 saturated carbocycles. The summed E-state index contributed by atoms with van der Waals surface area (Å²) in [5.41, 5.74) is 3.80. The number of benzene rings is 1. The number of rotatable bonds is 5. The molecule has 0 fully saturated rings. The first kappa shape index (κ1) is 16.4. The van der Waals surface area contributed by atoms with Gasteiger partial charge in [0.1, 0.15) is 12.3 Å². The van der Waals surface area contributed by atoms with Crippen LogP contribution >= 0.6 is 0 Å². The molecule has 1 unspecified atom stereocenters. The fraction of sp³-hybridized carbons (Fsp3) is 0.353. The van der Waals surface area contributed by atoms with Crippen molar-refractivity contribution in [3.8, 4) is 11.4 Å². The van der Waals surface area contributed by atoms with Crippen LogP contribution in [0.2, 0.25) is 0 Å². The maximum Gasteiger partial charge on any atom is 0.275 e. The van der Waals surface area contributed by atoms with Crippen molar-refractivity contribution in [2.75, 3.05) is 7.11 Å². The summed E-state index contributed by atoms with van der Waals surface area (Å²) >= 11 is 0. The Morgan fingerprint density at radius 1 is 1.35 bits per heavy atom. The molecule has 4 rings (SSSR count). The largest absolute Gasteiger partial charge is 0.375 e. The summed E-state index contributed by atoms with van der Waals surface area (Å²) in [5.74, 6) is 0.675. The molecule has 1 N–H and O–H groups in total. The summed E-state index contributed by atoms with van der Waals surface area (Å²) in [4.78, 5) is 16.6. The lowest BCUT2D eigenvalue weighted by molar-refractivity contribution is 0.0926. The van der Waals surface area contributed by atoms with E-state index >= 15 is 0 Å². The molecule has 134 valence electrons. The highest BCUT2D eigenvalue weighted by molar-refractivity contribution is 5.93. The molecule has 9 nitrogen and oxygen atoms in total. The number of hydrogen-bond donors (Lipinski definition) is 1. The Morgan fingerprint density at radius 3 is 3.00 bits per heavy atom. The van der Waals surface area contributed by atoms with Gasteiger partial charge in [0.2, 0.25) is 5.82 Å². The Kier molecular flexibility index (Phi) is 4.21. The second kappa shape index (κ2) is 6.68. The van der Waals surface area contributed by atoms with Crippen LogP contribution in [0.15, 0.2) is 27.4 Å². The number of carbonyl (C=O) groups excluding carboxylic acids is 1. The molecule has 9 heteroatoms. The Balaban J connectivity index is 1.52. The predicted molar refractivity (Wildman–Crippen MR) is 88.0 cm³/mol. The summed E-state index contributed by atoms with van der Waals surface area (Å²) < 4.78 is 14.7. The lowest BCUT2D eigenvalue weighted by Gasteiger charge is -2.13. The topological polar surface area (TPSA) is 116 Å². The molecule has 0 spiro atoms. The molecule has 2 aromatic heterocycles. The third kappa shape index (κ3) is 2.97. The van der Waals surface area contributed by atoms with Crippen molar-refractivity contribution in [1.82, 2.24) is 25.8 Å². The number of methoxy groups -OCH3 is 1. The van der Waals surface area contributed by atoms with Gasteiger partial charge in [0.05, 0.1) is 6.04 Å². The van der Waals surface area contributed by atoms with Gasteiger partial charge in [0, 0.05) is 12.7 Å². The Labute approximate surface area is 148 Å². The van der Waals surface area contributed by atoms with E-state index in [1.54, 1.807) is 14.0 Å². The van der Waals surface area contributed by atoms with E-state index in [-0.39, 0.29) is 24.2 Å². The number of fused-ring (bicyclic) bond motifs is 1. The quantitative estimate of drug-likeness (QED) is 0.738. The molecule has 1 aliphatic rings. The van der Waals surface area contributed by atoms with Crippen LogP contribution in [0.5, 0.6) is 0 Å². The van der Waals surface area contributed by atoms with Gasteiger partial charge in [-0.1, -0.05) is 22.4 Å². The van der Waals surface area contributed by atoms with Gasteiger partial charge in [-0.3, -0.25) is 4.79 Å². The van der Waals surface area contributed by atoms with E-state index in [1.807, 2.05) is 18.2 Å². The van der Waals surface area contributed by atoms with Gasteiger partial charge in [0.15, 0.2) is 5.69 Å². The number of nitrogens with zero attached hydrogens (tertiary/aromatic N) is 4. The molecule has 26 heavy (non-hydrogen) atoms. The first-order chi connectivity index (χ1) is 12.7. The summed E-state index contributed by atoms with van der Waals surface area (Å²) in [7, 11) is 1.57. The Hall–Kier alpha value is -3.07. The van der Waals surface area contributed by atoms with E-state index in [2.05, 4.69) is 30.4 Å². The number of nitrogens with one attached hydrogen (secondary N) is 1. The Morgan fingerprint density at radius 2 is 2.23 bits per heavy atom. The lowest BCUT2D eigenvalue weighted by atomic mass is 10.0. The van der Waals surface area contributed by atoms with Crippen molar-refractivity contribution in [2.24, 2.45) is 0 Å². The van der Waals surface area contributed by atoms with Crippen molar-refractivity contribution in [3.05, 3.63) is 46.6 Å². The van der Waals surface area contributed by atoms with Crippen molar-refractivity contribution in [2.45, 2.75) is 32.4 Å². The molecular formula is C17H17N5O4. The maximum atomic E-state index is 12.3. The summed E-state index contributed by atoms with van der Waals surface area (Å²) in [6.07, 6.45) is 1.67. The number of ether oxygens (including phenoxy) is 1. The third-order valence-corrected chi connectivity index (χ3v) is 4.39. The SMILES string of the molecule is COCc1nc(-c2ccc3c(c2)CCC3NC(=O)c2nonc2C)no1. The van der Waals surface area contributed by atoms with Crippen LogP contribution < -0.4 is 5.32 Å². The molecule has 1 aromatic carbocycles. The molecule has 1 amide bonds. The lowest BCUT2D eigenvalue weighted by Crippen LogP contribution is -2.28. The minimum absolute atomic E-state index is 0.0722. The molecule has 3 aromatic rings. The second-order valence-corrected chi connectivity index (χ2v) is 6.12. The zero-order valence-electron chi connectivity index (χ0n) is 14.4. The van der Waals surface area contributed by atoms with Crippen LogP contribution in [0, 0.1) is 6.92 Å². The van der Waals surface area contributed by atoms with E-state index in [9.17, 15) is 4.79 Å². The van der Waals surface area contributed by atoms with E-state index in [0.29, 0.717) is 17.4 Å². The number of carbonyl (C=O) groups is 1. The van der Waals surface area contributed by atoms with Crippen molar-refractivity contribution in [3.63, 3.8) is 0 Å². The highest BCUT2D eigenvalue weighted by Gasteiger charge is 2.27. The number of hydrogen-bond acceptors (Lipinski definition) is 8. The smallest absolute Gasteiger partial charge is 0.275 e. The summed E-state index contributed by atoms with van der Waals surface area (Å²) in [6.45, 7) is 1.96. The molecule has 2 heterocycles. The minimum atomic E-state index is -0.284. The average molecular weight is 355 g/mol. The van der Waals surface area contributed by atoms with Crippen LogP contribution in [0.25, 0.3) is 11.4 Å². The van der Waals surface area contributed by atoms with E-state index in [0.717, 1.165) is 29.5 Å². The average Bonchev–Trinajstić information content (AvgIpc) is 3.35. The highest BCUT2D eigenvalue weighted by atomic mass is 16.6. The minimum Gasteiger partial charge on any atom is -0.375 e. The monoisotopic (exact) mass is 355 g/mol. The summed E-state index contributed by atoms with van der Waals surface area (Å²) in [6, 6.07) is 5.87. The van der Waals surface area contributed by atoms with Crippen molar-refractivity contribution < 1.29 is 18.7 Å². The van der Waals surface area contributed by atoms with E-state index < -0.39 is 0 Å². The van der Waals surface area contributed by atoms with Crippen LogP contribution in [-0.2, 0) is 17.8 Å². The van der Waals surface area contributed by atoms with Crippen LogP contribution in [0.3, 0.4) is 0 Å². The van der Waals surface area contributed by atoms with Crippen LogP contribution in [0.1, 0.15) is 45.7 Å². The number of aryl methyl sites for hydroxylation is 2. The molecule has 0 bridgehead atoms. The number of aromatic nitrogens is 4. The van der Waals surface area contributed by atoms with Gasteiger partial charge in [0.25, 0.3) is 11.8 Å². The molecule has 1 atom stereocenters. The first-order valence-electron chi connectivity index (χ1n) is 8.20. The molecule has 0 radical (unpaired) electrons. The van der Waals surface area contributed by atoms with E-state index in [1.165, 1.54) is 0 Å². The molecule has 1 aliphatic carbocycles. The molecule has 0 aliphatic heterocycles. The van der Waals surface area contributed by atoms with Gasteiger partial charge in [-0.15, -0.1) is 0 Å². The fourth-order valence-electron chi connectivity index (χ4n) is 3.12. The van der Waals surface area contributed by atoms with Gasteiger partial charge in [-0.25, -0.2) is 4.63 Å². The first-order valence-corrected chi connectivity index (χ1v) is 8.20. The zero-order chi connectivity index (χ0) is 18.1. The highest BCUT2D eigenvalue weighted by Crippen LogP contribution is 2.34. The van der Waals surface area contributed by atoms with Crippen molar-refractivity contribution >= 4 is 5.91 Å². The third-order valence-electron chi connectivity index (χ3n) is 4.39. The predicted octanol–water partition coefficient (Wildman–Crippen LogP) is 1.99.